The third-order valence-electron chi connectivity index (χ3n) is 1.58. The van der Waals surface area contributed by atoms with Gasteiger partial charge in [-0.3, -0.25) is 0 Å². The molecule has 0 aromatic carbocycles. The van der Waals surface area contributed by atoms with Gasteiger partial charge < -0.3 is 10.4 Å². The highest BCUT2D eigenvalue weighted by Crippen LogP contribution is 2.12. The van der Waals surface area contributed by atoms with Gasteiger partial charge in [0.15, 0.2) is 0 Å². The Balaban J connectivity index is 3.80. The summed E-state index contributed by atoms with van der Waals surface area (Å²) in [5.41, 5.74) is -1.35. The molecule has 3 heteroatoms. The van der Waals surface area contributed by atoms with Crippen LogP contribution in [0.3, 0.4) is 0 Å². The van der Waals surface area contributed by atoms with E-state index in [1.807, 2.05) is 20.8 Å². The van der Waals surface area contributed by atoms with Crippen molar-refractivity contribution in [2.45, 2.75) is 51.9 Å². The summed E-state index contributed by atoms with van der Waals surface area (Å²) in [6, 6.07) is 0. The molecule has 0 aromatic rings. The second-order valence-corrected chi connectivity index (χ2v) is 4.75. The van der Waals surface area contributed by atoms with E-state index in [1.54, 1.807) is 0 Å². The van der Waals surface area contributed by atoms with Crippen LogP contribution < -0.4 is 5.32 Å². The smallest absolute Gasteiger partial charge is 0.140 e. The van der Waals surface area contributed by atoms with Gasteiger partial charge in [-0.15, -0.1) is 0 Å². The molecule has 0 rings (SSSR count). The molecule has 0 heterocycles. The Labute approximate surface area is 74.2 Å². The van der Waals surface area contributed by atoms with Crippen LogP contribution in [-0.2, 0) is 0 Å². The molecule has 0 fully saturated rings. The van der Waals surface area contributed by atoms with Crippen LogP contribution in [-0.4, -0.2) is 29.0 Å². The largest absolute Gasteiger partial charge is 0.387 e. The standard InChI is InChI=1S/C9H20FNO/c1-8(2,3)11-6-7(10)9(4,5)12/h7,11-12H,6H2,1-5H3/t7-/m1/s1. The molecule has 0 amide bonds. The summed E-state index contributed by atoms with van der Waals surface area (Å²) in [4.78, 5) is 0. The van der Waals surface area contributed by atoms with Crippen molar-refractivity contribution in [2.24, 2.45) is 0 Å². The van der Waals surface area contributed by atoms with E-state index in [-0.39, 0.29) is 12.1 Å². The maximum atomic E-state index is 13.1. The molecular weight excluding hydrogens is 157 g/mol. The van der Waals surface area contributed by atoms with Gasteiger partial charge in [-0.25, -0.2) is 4.39 Å². The molecule has 0 saturated carbocycles. The van der Waals surface area contributed by atoms with Crippen LogP contribution in [0.4, 0.5) is 4.39 Å². The Morgan fingerprint density at radius 1 is 1.25 bits per heavy atom. The second-order valence-electron chi connectivity index (χ2n) is 4.75. The number of hydrogen-bond acceptors (Lipinski definition) is 2. The Morgan fingerprint density at radius 2 is 1.67 bits per heavy atom. The molecule has 2 N–H and O–H groups in total. The summed E-state index contributed by atoms with van der Waals surface area (Å²) < 4.78 is 13.1. The molecule has 12 heavy (non-hydrogen) atoms. The van der Waals surface area contributed by atoms with Gasteiger partial charge in [-0.1, -0.05) is 0 Å². The SMILES string of the molecule is CC(C)(C)NC[C@@H](F)C(C)(C)O. The van der Waals surface area contributed by atoms with Crippen molar-refractivity contribution in [2.75, 3.05) is 6.54 Å². The molecule has 0 unspecified atom stereocenters. The molecule has 2 nitrogen and oxygen atoms in total. The Morgan fingerprint density at radius 3 is 1.92 bits per heavy atom. The quantitative estimate of drug-likeness (QED) is 0.684. The van der Waals surface area contributed by atoms with Crippen LogP contribution >= 0.6 is 0 Å². The fourth-order valence-electron chi connectivity index (χ4n) is 0.646. The average molecular weight is 177 g/mol. The van der Waals surface area contributed by atoms with Gasteiger partial charge in [-0.2, -0.15) is 0 Å². The lowest BCUT2D eigenvalue weighted by Crippen LogP contribution is -2.46. The molecule has 0 bridgehead atoms. The Kier molecular flexibility index (Phi) is 3.66. The third kappa shape index (κ3) is 5.49. The number of rotatable bonds is 3. The fourth-order valence-corrected chi connectivity index (χ4v) is 0.646. The number of halogens is 1. The van der Waals surface area contributed by atoms with Crippen LogP contribution in [0.25, 0.3) is 0 Å². The maximum Gasteiger partial charge on any atom is 0.140 e. The van der Waals surface area contributed by atoms with Crippen LogP contribution in [0.15, 0.2) is 0 Å². The minimum Gasteiger partial charge on any atom is -0.387 e. The van der Waals surface area contributed by atoms with Gasteiger partial charge in [0.2, 0.25) is 0 Å². The van der Waals surface area contributed by atoms with E-state index < -0.39 is 11.8 Å². The summed E-state index contributed by atoms with van der Waals surface area (Å²) in [5, 5.41) is 12.3. The molecule has 0 spiro atoms. The number of aliphatic hydroxyl groups is 1. The van der Waals surface area contributed by atoms with E-state index in [9.17, 15) is 9.50 Å². The van der Waals surface area contributed by atoms with Crippen LogP contribution in [0.1, 0.15) is 34.6 Å². The van der Waals surface area contributed by atoms with E-state index in [2.05, 4.69) is 5.32 Å². The van der Waals surface area contributed by atoms with Gasteiger partial charge >= 0.3 is 0 Å². The third-order valence-corrected chi connectivity index (χ3v) is 1.58. The van der Waals surface area contributed by atoms with Crippen LogP contribution in [0.5, 0.6) is 0 Å². The lowest BCUT2D eigenvalue weighted by atomic mass is 10.0. The summed E-state index contributed by atoms with van der Waals surface area (Å²) in [7, 11) is 0. The summed E-state index contributed by atoms with van der Waals surface area (Å²) in [6.07, 6.45) is -1.23. The lowest BCUT2D eigenvalue weighted by Gasteiger charge is -2.27. The van der Waals surface area contributed by atoms with Crippen molar-refractivity contribution < 1.29 is 9.50 Å². The molecule has 0 aliphatic carbocycles. The minimum atomic E-state index is -1.25. The maximum absolute atomic E-state index is 13.1. The molecular formula is C9H20FNO. The first-order valence-electron chi connectivity index (χ1n) is 4.24. The first-order chi connectivity index (χ1) is 5.13. The van der Waals surface area contributed by atoms with E-state index in [1.165, 1.54) is 13.8 Å². The molecule has 1 atom stereocenters. The highest BCUT2D eigenvalue weighted by Gasteiger charge is 2.27. The van der Waals surface area contributed by atoms with E-state index in [0.29, 0.717) is 0 Å². The second kappa shape index (κ2) is 3.71. The van der Waals surface area contributed by atoms with E-state index >= 15 is 0 Å². The monoisotopic (exact) mass is 177 g/mol. The zero-order valence-electron chi connectivity index (χ0n) is 8.61. The Bertz CT molecular complexity index is 134. The molecule has 74 valence electrons. The molecule has 0 aliphatic rings. The number of nitrogens with one attached hydrogen (secondary N) is 1. The molecule has 0 saturated heterocycles. The van der Waals surface area contributed by atoms with Crippen molar-refractivity contribution in [1.82, 2.24) is 5.32 Å². The number of alkyl halides is 1. The zero-order chi connectivity index (χ0) is 9.99. The van der Waals surface area contributed by atoms with Crippen molar-refractivity contribution >= 4 is 0 Å². The fraction of sp³-hybridized carbons (Fsp3) is 1.00. The highest BCUT2D eigenvalue weighted by atomic mass is 19.1. The molecule has 0 radical (unpaired) electrons. The molecule has 0 aliphatic heterocycles. The highest BCUT2D eigenvalue weighted by molar-refractivity contribution is 4.81. The molecule has 0 aromatic heterocycles. The van der Waals surface area contributed by atoms with Crippen molar-refractivity contribution in [3.63, 3.8) is 0 Å². The first kappa shape index (κ1) is 11.8. The number of hydrogen-bond donors (Lipinski definition) is 2. The van der Waals surface area contributed by atoms with E-state index in [0.717, 1.165) is 0 Å². The van der Waals surface area contributed by atoms with Gasteiger partial charge in [0.05, 0.1) is 5.60 Å². The van der Waals surface area contributed by atoms with Crippen molar-refractivity contribution in [3.8, 4) is 0 Å². The predicted molar refractivity (Wildman–Crippen MR) is 48.9 cm³/mol. The van der Waals surface area contributed by atoms with Gasteiger partial charge in [-0.05, 0) is 34.6 Å². The van der Waals surface area contributed by atoms with Gasteiger partial charge in [0, 0.05) is 12.1 Å². The van der Waals surface area contributed by atoms with Crippen LogP contribution in [0, 0.1) is 0 Å². The predicted octanol–water partition coefficient (Wildman–Crippen LogP) is 1.48. The zero-order valence-corrected chi connectivity index (χ0v) is 8.61. The van der Waals surface area contributed by atoms with Gasteiger partial charge in [0.1, 0.15) is 6.17 Å². The van der Waals surface area contributed by atoms with Crippen LogP contribution in [0.2, 0.25) is 0 Å². The van der Waals surface area contributed by atoms with Crippen molar-refractivity contribution in [3.05, 3.63) is 0 Å². The first-order valence-corrected chi connectivity index (χ1v) is 4.24. The lowest BCUT2D eigenvalue weighted by molar-refractivity contribution is -0.00446. The minimum absolute atomic E-state index is 0.102. The topological polar surface area (TPSA) is 32.3 Å². The summed E-state index contributed by atoms with van der Waals surface area (Å²) in [6.45, 7) is 9.02. The van der Waals surface area contributed by atoms with Gasteiger partial charge in [0.25, 0.3) is 0 Å². The van der Waals surface area contributed by atoms with Crippen molar-refractivity contribution in [1.29, 1.82) is 0 Å². The average Bonchev–Trinajstić information content (AvgIpc) is 1.78. The Hall–Kier alpha value is -0.150. The normalized spacial score (nSPS) is 16.2. The summed E-state index contributed by atoms with van der Waals surface area (Å²) >= 11 is 0. The van der Waals surface area contributed by atoms with E-state index in [4.69, 9.17) is 0 Å². The summed E-state index contributed by atoms with van der Waals surface area (Å²) in [5.74, 6) is 0.